The van der Waals surface area contributed by atoms with Crippen molar-refractivity contribution in [3.8, 4) is 0 Å². The van der Waals surface area contributed by atoms with Gasteiger partial charge in [-0.1, -0.05) is 24.3 Å². The SMILES string of the molecule is CN(C)C(=NCc1ccc(CN2CCCC2)cc1)N(C)C. The summed E-state index contributed by atoms with van der Waals surface area (Å²) in [6.07, 6.45) is 2.70. The van der Waals surface area contributed by atoms with Crippen LogP contribution in [0.15, 0.2) is 29.3 Å². The summed E-state index contributed by atoms with van der Waals surface area (Å²) in [5.41, 5.74) is 2.67. The Morgan fingerprint density at radius 3 is 2.00 bits per heavy atom. The molecule has 0 bridgehead atoms. The summed E-state index contributed by atoms with van der Waals surface area (Å²) in [6.45, 7) is 4.32. The number of benzene rings is 1. The van der Waals surface area contributed by atoms with Gasteiger partial charge in [0.25, 0.3) is 0 Å². The minimum Gasteiger partial charge on any atom is -0.349 e. The molecule has 0 atom stereocenters. The van der Waals surface area contributed by atoms with E-state index in [2.05, 4.69) is 34.2 Å². The molecule has 1 saturated heterocycles. The molecule has 1 aromatic carbocycles. The van der Waals surface area contributed by atoms with Gasteiger partial charge in [-0.25, -0.2) is 4.99 Å². The molecular formula is C17H28N4. The predicted octanol–water partition coefficient (Wildman–Crippen LogP) is 2.26. The lowest BCUT2D eigenvalue weighted by atomic mass is 10.1. The molecule has 4 heteroatoms. The van der Waals surface area contributed by atoms with Crippen molar-refractivity contribution in [3.63, 3.8) is 0 Å². The number of rotatable bonds is 4. The minimum absolute atomic E-state index is 0.732. The molecule has 0 spiro atoms. The summed E-state index contributed by atoms with van der Waals surface area (Å²) in [6, 6.07) is 8.90. The van der Waals surface area contributed by atoms with Crippen molar-refractivity contribution >= 4 is 5.96 Å². The van der Waals surface area contributed by atoms with E-state index in [1.54, 1.807) is 0 Å². The first-order chi connectivity index (χ1) is 10.1. The Kier molecular flexibility index (Phi) is 5.62. The van der Waals surface area contributed by atoms with E-state index in [9.17, 15) is 0 Å². The summed E-state index contributed by atoms with van der Waals surface area (Å²) in [5.74, 6) is 0.996. The van der Waals surface area contributed by atoms with Crippen LogP contribution in [0.4, 0.5) is 0 Å². The summed E-state index contributed by atoms with van der Waals surface area (Å²) in [4.78, 5) is 11.3. The summed E-state index contributed by atoms with van der Waals surface area (Å²) in [5, 5.41) is 0. The highest BCUT2D eigenvalue weighted by Crippen LogP contribution is 2.13. The maximum atomic E-state index is 4.68. The first-order valence-corrected chi connectivity index (χ1v) is 7.75. The van der Waals surface area contributed by atoms with Crippen LogP contribution in [-0.2, 0) is 13.1 Å². The maximum Gasteiger partial charge on any atom is 0.195 e. The van der Waals surface area contributed by atoms with Crippen LogP contribution in [0.3, 0.4) is 0 Å². The van der Waals surface area contributed by atoms with Gasteiger partial charge in [0.15, 0.2) is 5.96 Å². The van der Waals surface area contributed by atoms with Gasteiger partial charge in [-0.15, -0.1) is 0 Å². The molecule has 0 aliphatic carbocycles. The average Bonchev–Trinajstić information content (AvgIpc) is 2.93. The first-order valence-electron chi connectivity index (χ1n) is 7.75. The van der Waals surface area contributed by atoms with Gasteiger partial charge >= 0.3 is 0 Å². The molecule has 0 N–H and O–H groups in total. The minimum atomic E-state index is 0.732. The van der Waals surface area contributed by atoms with Gasteiger partial charge in [0, 0.05) is 34.7 Å². The number of likely N-dealkylation sites (tertiary alicyclic amines) is 1. The first kappa shape index (κ1) is 15.8. The topological polar surface area (TPSA) is 22.1 Å². The Bertz CT molecular complexity index is 446. The van der Waals surface area contributed by atoms with Crippen molar-refractivity contribution in [1.29, 1.82) is 0 Å². The fourth-order valence-electron chi connectivity index (χ4n) is 2.79. The average molecular weight is 288 g/mol. The Morgan fingerprint density at radius 2 is 1.48 bits per heavy atom. The van der Waals surface area contributed by atoms with E-state index >= 15 is 0 Å². The van der Waals surface area contributed by atoms with E-state index in [0.717, 1.165) is 19.0 Å². The Labute approximate surface area is 129 Å². The van der Waals surface area contributed by atoms with Gasteiger partial charge in [-0.3, -0.25) is 4.90 Å². The standard InChI is InChI=1S/C17H28N4/c1-19(2)17(20(3)4)18-13-15-7-9-16(10-8-15)14-21-11-5-6-12-21/h7-10H,5-6,11-14H2,1-4H3. The quantitative estimate of drug-likeness (QED) is 0.627. The second-order valence-electron chi connectivity index (χ2n) is 6.20. The van der Waals surface area contributed by atoms with Crippen molar-refractivity contribution in [2.75, 3.05) is 41.3 Å². The molecule has 2 rings (SSSR count). The highest BCUT2D eigenvalue weighted by atomic mass is 15.3. The van der Waals surface area contributed by atoms with E-state index in [4.69, 9.17) is 0 Å². The normalized spacial score (nSPS) is 15.0. The predicted molar refractivity (Wildman–Crippen MR) is 89.5 cm³/mol. The third-order valence-electron chi connectivity index (χ3n) is 3.83. The summed E-state index contributed by atoms with van der Waals surface area (Å²) in [7, 11) is 8.10. The van der Waals surface area contributed by atoms with Crippen LogP contribution in [0.5, 0.6) is 0 Å². The molecule has 0 saturated carbocycles. The fourth-order valence-corrected chi connectivity index (χ4v) is 2.79. The van der Waals surface area contributed by atoms with Crippen molar-refractivity contribution in [2.24, 2.45) is 4.99 Å². The third-order valence-corrected chi connectivity index (χ3v) is 3.83. The van der Waals surface area contributed by atoms with Crippen LogP contribution in [-0.4, -0.2) is 61.9 Å². The molecule has 1 aromatic rings. The molecular weight excluding hydrogens is 260 g/mol. The Balaban J connectivity index is 1.93. The number of hydrogen-bond donors (Lipinski definition) is 0. The van der Waals surface area contributed by atoms with Gasteiger partial charge in [-0.2, -0.15) is 0 Å². The molecule has 1 aliphatic heterocycles. The van der Waals surface area contributed by atoms with Gasteiger partial charge < -0.3 is 9.80 Å². The second kappa shape index (κ2) is 7.46. The van der Waals surface area contributed by atoms with E-state index in [1.165, 1.54) is 37.1 Å². The summed E-state index contributed by atoms with van der Waals surface area (Å²) < 4.78 is 0. The lowest BCUT2D eigenvalue weighted by Gasteiger charge is -2.22. The summed E-state index contributed by atoms with van der Waals surface area (Å²) >= 11 is 0. The number of hydrogen-bond acceptors (Lipinski definition) is 2. The van der Waals surface area contributed by atoms with E-state index in [-0.39, 0.29) is 0 Å². The monoisotopic (exact) mass is 288 g/mol. The molecule has 21 heavy (non-hydrogen) atoms. The smallest absolute Gasteiger partial charge is 0.195 e. The Morgan fingerprint density at radius 1 is 0.952 bits per heavy atom. The zero-order chi connectivity index (χ0) is 15.2. The van der Waals surface area contributed by atoms with Gasteiger partial charge in [0.1, 0.15) is 0 Å². The zero-order valence-electron chi connectivity index (χ0n) is 13.8. The molecule has 1 aliphatic rings. The van der Waals surface area contributed by atoms with Crippen LogP contribution in [0, 0.1) is 0 Å². The lowest BCUT2D eigenvalue weighted by molar-refractivity contribution is 0.331. The highest BCUT2D eigenvalue weighted by molar-refractivity contribution is 5.79. The molecule has 1 fully saturated rings. The van der Waals surface area contributed by atoms with Crippen LogP contribution in [0.25, 0.3) is 0 Å². The largest absolute Gasteiger partial charge is 0.349 e. The lowest BCUT2D eigenvalue weighted by Crippen LogP contribution is -2.35. The van der Waals surface area contributed by atoms with E-state index in [1.807, 2.05) is 38.0 Å². The molecule has 116 valence electrons. The van der Waals surface area contributed by atoms with Gasteiger partial charge in [0.2, 0.25) is 0 Å². The van der Waals surface area contributed by atoms with E-state index in [0.29, 0.717) is 0 Å². The van der Waals surface area contributed by atoms with Crippen molar-refractivity contribution < 1.29 is 0 Å². The van der Waals surface area contributed by atoms with Crippen LogP contribution in [0.2, 0.25) is 0 Å². The molecule has 4 nitrogen and oxygen atoms in total. The van der Waals surface area contributed by atoms with E-state index < -0.39 is 0 Å². The van der Waals surface area contributed by atoms with Crippen molar-refractivity contribution in [1.82, 2.24) is 14.7 Å². The fraction of sp³-hybridized carbons (Fsp3) is 0.588. The molecule has 0 radical (unpaired) electrons. The molecule has 0 unspecified atom stereocenters. The number of guanidine groups is 1. The number of aliphatic imine (C=N–C) groups is 1. The third kappa shape index (κ3) is 4.74. The van der Waals surface area contributed by atoms with Crippen molar-refractivity contribution in [2.45, 2.75) is 25.9 Å². The molecule has 0 aromatic heterocycles. The highest BCUT2D eigenvalue weighted by Gasteiger charge is 2.11. The number of nitrogens with zero attached hydrogens (tertiary/aromatic N) is 4. The van der Waals surface area contributed by atoms with Crippen LogP contribution >= 0.6 is 0 Å². The Hall–Kier alpha value is -1.55. The van der Waals surface area contributed by atoms with Gasteiger partial charge in [0.05, 0.1) is 6.54 Å². The van der Waals surface area contributed by atoms with Gasteiger partial charge in [-0.05, 0) is 37.1 Å². The van der Waals surface area contributed by atoms with Crippen LogP contribution < -0.4 is 0 Å². The maximum absolute atomic E-state index is 4.68. The zero-order valence-corrected chi connectivity index (χ0v) is 13.8. The van der Waals surface area contributed by atoms with Crippen molar-refractivity contribution in [3.05, 3.63) is 35.4 Å². The second-order valence-corrected chi connectivity index (χ2v) is 6.20. The van der Waals surface area contributed by atoms with Crippen LogP contribution in [0.1, 0.15) is 24.0 Å². The molecule has 0 amide bonds. The molecule has 1 heterocycles.